The van der Waals surface area contributed by atoms with Gasteiger partial charge in [-0.05, 0) is 45.9 Å². The molecular weight excluding hydrogens is 226 g/mol. The van der Waals surface area contributed by atoms with E-state index in [0.717, 1.165) is 31.7 Å². The average Bonchev–Trinajstić information content (AvgIpc) is 2.34. The number of Topliss-reactive ketones (excluding diaryl/α,β-unsaturated/α-hetero) is 1. The Labute approximate surface area is 109 Å². The van der Waals surface area contributed by atoms with E-state index in [1.807, 2.05) is 24.3 Å². The molecule has 98 valence electrons. The van der Waals surface area contributed by atoms with Crippen LogP contribution in [0.3, 0.4) is 0 Å². The number of hydrogen-bond donors (Lipinski definition) is 0. The first kappa shape index (κ1) is 13.1. The maximum Gasteiger partial charge on any atom is 0.163 e. The standard InChI is InChI=1S/C15H21NO2/c1-12(17)13-6-4-5-7-14(13)18-15(2)8-10-16(3)11-9-15/h4-7H,8-11H2,1-3H3. The van der Waals surface area contributed by atoms with Crippen LogP contribution in [0.15, 0.2) is 24.3 Å². The van der Waals surface area contributed by atoms with Crippen molar-refractivity contribution in [2.75, 3.05) is 20.1 Å². The fraction of sp³-hybridized carbons (Fsp3) is 0.533. The van der Waals surface area contributed by atoms with Crippen LogP contribution in [-0.4, -0.2) is 36.4 Å². The van der Waals surface area contributed by atoms with Crippen LogP contribution in [0.2, 0.25) is 0 Å². The zero-order chi connectivity index (χ0) is 13.2. The van der Waals surface area contributed by atoms with Crippen LogP contribution >= 0.6 is 0 Å². The molecule has 1 fully saturated rings. The molecule has 0 spiro atoms. The normalized spacial score (nSPS) is 19.5. The van der Waals surface area contributed by atoms with Gasteiger partial charge in [0.25, 0.3) is 0 Å². The lowest BCUT2D eigenvalue weighted by Gasteiger charge is -2.38. The minimum atomic E-state index is -0.155. The summed E-state index contributed by atoms with van der Waals surface area (Å²) in [4.78, 5) is 13.9. The Morgan fingerprint density at radius 3 is 2.50 bits per heavy atom. The van der Waals surface area contributed by atoms with Gasteiger partial charge < -0.3 is 9.64 Å². The third-order valence-corrected chi connectivity index (χ3v) is 3.67. The van der Waals surface area contributed by atoms with Crippen LogP contribution in [0.5, 0.6) is 5.75 Å². The number of hydrogen-bond acceptors (Lipinski definition) is 3. The minimum absolute atomic E-state index is 0.0575. The quantitative estimate of drug-likeness (QED) is 0.769. The highest BCUT2D eigenvalue weighted by Crippen LogP contribution is 2.30. The van der Waals surface area contributed by atoms with Gasteiger partial charge in [-0.25, -0.2) is 0 Å². The first-order chi connectivity index (χ1) is 8.50. The number of rotatable bonds is 3. The first-order valence-corrected chi connectivity index (χ1v) is 6.48. The molecule has 3 heteroatoms. The van der Waals surface area contributed by atoms with E-state index in [4.69, 9.17) is 4.74 Å². The molecule has 1 aliphatic rings. The average molecular weight is 247 g/mol. The predicted octanol–water partition coefficient (Wildman–Crippen LogP) is 2.75. The SMILES string of the molecule is CC(=O)c1ccccc1OC1(C)CCN(C)CC1. The zero-order valence-corrected chi connectivity index (χ0v) is 11.4. The van der Waals surface area contributed by atoms with Gasteiger partial charge in [-0.2, -0.15) is 0 Å². The van der Waals surface area contributed by atoms with Gasteiger partial charge in [0, 0.05) is 13.1 Å². The van der Waals surface area contributed by atoms with Crippen LogP contribution < -0.4 is 4.74 Å². The number of carbonyl (C=O) groups excluding carboxylic acids is 1. The molecule has 0 atom stereocenters. The third-order valence-electron chi connectivity index (χ3n) is 3.67. The Kier molecular flexibility index (Phi) is 3.71. The molecule has 2 rings (SSSR count). The van der Waals surface area contributed by atoms with E-state index in [0.29, 0.717) is 5.56 Å². The molecule has 1 aliphatic heterocycles. The Hall–Kier alpha value is -1.35. The molecule has 3 nitrogen and oxygen atoms in total. The van der Waals surface area contributed by atoms with E-state index in [1.165, 1.54) is 0 Å². The minimum Gasteiger partial charge on any atom is -0.487 e. The third kappa shape index (κ3) is 2.91. The molecule has 0 amide bonds. The van der Waals surface area contributed by atoms with Gasteiger partial charge in [-0.1, -0.05) is 12.1 Å². The summed E-state index contributed by atoms with van der Waals surface area (Å²) in [5.74, 6) is 0.777. The maximum atomic E-state index is 11.6. The molecule has 0 N–H and O–H groups in total. The van der Waals surface area contributed by atoms with Crippen molar-refractivity contribution >= 4 is 5.78 Å². The van der Waals surface area contributed by atoms with E-state index >= 15 is 0 Å². The Bertz CT molecular complexity index is 434. The van der Waals surface area contributed by atoms with Crippen LogP contribution in [0.1, 0.15) is 37.0 Å². The smallest absolute Gasteiger partial charge is 0.163 e. The van der Waals surface area contributed by atoms with E-state index in [2.05, 4.69) is 18.9 Å². The van der Waals surface area contributed by atoms with Gasteiger partial charge in [-0.15, -0.1) is 0 Å². The van der Waals surface area contributed by atoms with Crippen molar-refractivity contribution in [1.29, 1.82) is 0 Å². The van der Waals surface area contributed by atoms with Crippen molar-refractivity contribution in [2.45, 2.75) is 32.3 Å². The second kappa shape index (κ2) is 5.11. The second-order valence-corrected chi connectivity index (χ2v) is 5.41. The highest BCUT2D eigenvalue weighted by Gasteiger charge is 2.31. The topological polar surface area (TPSA) is 29.5 Å². The second-order valence-electron chi connectivity index (χ2n) is 5.41. The summed E-state index contributed by atoms with van der Waals surface area (Å²) in [7, 11) is 2.13. The van der Waals surface area contributed by atoms with E-state index in [1.54, 1.807) is 6.92 Å². The molecule has 1 heterocycles. The molecule has 0 aromatic heterocycles. The molecule has 1 aromatic carbocycles. The summed E-state index contributed by atoms with van der Waals surface area (Å²) in [6.07, 6.45) is 1.99. The number of ketones is 1. The summed E-state index contributed by atoms with van der Waals surface area (Å²) in [6, 6.07) is 7.51. The molecule has 0 bridgehead atoms. The molecule has 0 saturated carbocycles. The number of benzene rings is 1. The first-order valence-electron chi connectivity index (χ1n) is 6.48. The lowest BCUT2D eigenvalue weighted by molar-refractivity contribution is 0.0234. The highest BCUT2D eigenvalue weighted by atomic mass is 16.5. The number of likely N-dealkylation sites (tertiary alicyclic amines) is 1. The van der Waals surface area contributed by atoms with E-state index in [9.17, 15) is 4.79 Å². The van der Waals surface area contributed by atoms with Crippen LogP contribution in [-0.2, 0) is 0 Å². The van der Waals surface area contributed by atoms with Gasteiger partial charge in [0.15, 0.2) is 5.78 Å². The molecule has 1 saturated heterocycles. The highest BCUT2D eigenvalue weighted by molar-refractivity contribution is 5.96. The Morgan fingerprint density at radius 2 is 1.89 bits per heavy atom. The van der Waals surface area contributed by atoms with Gasteiger partial charge in [0.05, 0.1) is 5.56 Å². The largest absolute Gasteiger partial charge is 0.487 e. The van der Waals surface area contributed by atoms with Gasteiger partial charge in [0.1, 0.15) is 11.4 Å². The van der Waals surface area contributed by atoms with Gasteiger partial charge in [-0.3, -0.25) is 4.79 Å². The predicted molar refractivity (Wildman–Crippen MR) is 72.2 cm³/mol. The van der Waals surface area contributed by atoms with Crippen molar-refractivity contribution in [3.05, 3.63) is 29.8 Å². The molecule has 1 aromatic rings. The number of piperidine rings is 1. The lowest BCUT2D eigenvalue weighted by Crippen LogP contribution is -2.44. The van der Waals surface area contributed by atoms with Crippen molar-refractivity contribution in [2.24, 2.45) is 0 Å². The van der Waals surface area contributed by atoms with Crippen molar-refractivity contribution in [1.82, 2.24) is 4.90 Å². The summed E-state index contributed by atoms with van der Waals surface area (Å²) >= 11 is 0. The number of nitrogens with zero attached hydrogens (tertiary/aromatic N) is 1. The lowest BCUT2D eigenvalue weighted by atomic mass is 9.93. The summed E-state index contributed by atoms with van der Waals surface area (Å²) in [6.45, 7) is 5.80. The summed E-state index contributed by atoms with van der Waals surface area (Å²) < 4.78 is 6.14. The number of ether oxygens (including phenoxy) is 1. The van der Waals surface area contributed by atoms with Crippen molar-refractivity contribution in [3.8, 4) is 5.75 Å². The number of para-hydroxylation sites is 1. The van der Waals surface area contributed by atoms with Crippen LogP contribution in [0.4, 0.5) is 0 Å². The molecule has 0 radical (unpaired) electrons. The summed E-state index contributed by atoms with van der Waals surface area (Å²) in [5.41, 5.74) is 0.524. The Balaban J connectivity index is 2.16. The zero-order valence-electron chi connectivity index (χ0n) is 11.4. The van der Waals surface area contributed by atoms with E-state index in [-0.39, 0.29) is 11.4 Å². The Morgan fingerprint density at radius 1 is 1.28 bits per heavy atom. The fourth-order valence-corrected chi connectivity index (χ4v) is 2.31. The van der Waals surface area contributed by atoms with Crippen molar-refractivity contribution in [3.63, 3.8) is 0 Å². The maximum absolute atomic E-state index is 11.6. The molecule has 18 heavy (non-hydrogen) atoms. The van der Waals surface area contributed by atoms with Gasteiger partial charge in [0.2, 0.25) is 0 Å². The van der Waals surface area contributed by atoms with Crippen molar-refractivity contribution < 1.29 is 9.53 Å². The fourth-order valence-electron chi connectivity index (χ4n) is 2.31. The molecular formula is C15H21NO2. The number of carbonyl (C=O) groups is 1. The summed E-state index contributed by atoms with van der Waals surface area (Å²) in [5, 5.41) is 0. The van der Waals surface area contributed by atoms with Gasteiger partial charge >= 0.3 is 0 Å². The van der Waals surface area contributed by atoms with Crippen LogP contribution in [0, 0.1) is 0 Å². The van der Waals surface area contributed by atoms with E-state index < -0.39 is 0 Å². The van der Waals surface area contributed by atoms with Crippen LogP contribution in [0.25, 0.3) is 0 Å². The molecule has 0 unspecified atom stereocenters. The monoisotopic (exact) mass is 247 g/mol. The molecule has 0 aliphatic carbocycles.